The molecule has 1 aromatic heterocycles. The molecule has 1 atom stereocenters. The number of fused-ring (bicyclic) bond motifs is 1. The fraction of sp³-hybridized carbons (Fsp3) is 0.333. The monoisotopic (exact) mass is 273 g/mol. The van der Waals surface area contributed by atoms with E-state index in [9.17, 15) is 9.59 Å². The zero-order valence-corrected chi connectivity index (χ0v) is 11.9. The molecule has 5 nitrogen and oxygen atoms in total. The van der Waals surface area contributed by atoms with Crippen molar-refractivity contribution in [3.63, 3.8) is 0 Å². The molecule has 2 amide bonds. The van der Waals surface area contributed by atoms with Crippen LogP contribution in [0.2, 0.25) is 0 Å². The van der Waals surface area contributed by atoms with E-state index in [-0.39, 0.29) is 11.8 Å². The molecule has 0 aliphatic heterocycles. The third kappa shape index (κ3) is 2.82. The lowest BCUT2D eigenvalue weighted by Gasteiger charge is -2.20. The van der Waals surface area contributed by atoms with Crippen molar-refractivity contribution in [1.29, 1.82) is 0 Å². The van der Waals surface area contributed by atoms with Crippen LogP contribution in [0.4, 0.5) is 0 Å². The second-order valence-corrected chi connectivity index (χ2v) is 4.83. The summed E-state index contributed by atoms with van der Waals surface area (Å²) >= 11 is 0. The van der Waals surface area contributed by atoms with Gasteiger partial charge < -0.3 is 15.2 Å². The van der Waals surface area contributed by atoms with Crippen molar-refractivity contribution in [3.8, 4) is 0 Å². The van der Waals surface area contributed by atoms with E-state index in [2.05, 4.69) is 10.3 Å². The number of carbonyl (C=O) groups excluding carboxylic acids is 2. The van der Waals surface area contributed by atoms with Gasteiger partial charge in [-0.2, -0.15) is 0 Å². The first-order valence-electron chi connectivity index (χ1n) is 6.66. The number of hydrogen-bond donors (Lipinski definition) is 2. The third-order valence-corrected chi connectivity index (χ3v) is 3.38. The summed E-state index contributed by atoms with van der Waals surface area (Å²) in [6.07, 6.45) is 1.83. The van der Waals surface area contributed by atoms with Crippen LogP contribution in [0.25, 0.3) is 10.9 Å². The van der Waals surface area contributed by atoms with Crippen molar-refractivity contribution in [2.24, 2.45) is 0 Å². The second-order valence-electron chi connectivity index (χ2n) is 4.83. The predicted octanol–water partition coefficient (Wildman–Crippen LogP) is 1.76. The van der Waals surface area contributed by atoms with Crippen molar-refractivity contribution in [1.82, 2.24) is 15.2 Å². The molecule has 2 aromatic rings. The quantitative estimate of drug-likeness (QED) is 0.891. The Balaban J connectivity index is 2.09. The Morgan fingerprint density at radius 1 is 1.35 bits per heavy atom. The van der Waals surface area contributed by atoms with Gasteiger partial charge in [-0.05, 0) is 38.1 Å². The van der Waals surface area contributed by atoms with Gasteiger partial charge in [0.05, 0.1) is 0 Å². The molecule has 2 rings (SSSR count). The molecule has 5 heteroatoms. The Bertz CT molecular complexity index is 633. The number of likely N-dealkylation sites (N-methyl/N-ethyl adjacent to an activating group) is 1. The van der Waals surface area contributed by atoms with Crippen LogP contribution in [0.3, 0.4) is 0 Å². The highest BCUT2D eigenvalue weighted by Crippen LogP contribution is 2.14. The lowest BCUT2D eigenvalue weighted by molar-refractivity contribution is -0.131. The SMILES string of the molecule is CCN(C)C(=O)C(C)NC(=O)c1ccc2[nH]ccc2c1. The van der Waals surface area contributed by atoms with Crippen LogP contribution >= 0.6 is 0 Å². The average Bonchev–Trinajstić information content (AvgIpc) is 2.92. The van der Waals surface area contributed by atoms with Gasteiger partial charge in [0.15, 0.2) is 0 Å². The van der Waals surface area contributed by atoms with E-state index < -0.39 is 6.04 Å². The highest BCUT2D eigenvalue weighted by atomic mass is 16.2. The molecule has 2 N–H and O–H groups in total. The van der Waals surface area contributed by atoms with E-state index in [0.29, 0.717) is 12.1 Å². The summed E-state index contributed by atoms with van der Waals surface area (Å²) in [7, 11) is 1.72. The number of rotatable bonds is 4. The zero-order chi connectivity index (χ0) is 14.7. The first-order valence-corrected chi connectivity index (χ1v) is 6.66. The largest absolute Gasteiger partial charge is 0.361 e. The summed E-state index contributed by atoms with van der Waals surface area (Å²) in [6, 6.07) is 6.78. The summed E-state index contributed by atoms with van der Waals surface area (Å²) in [4.78, 5) is 28.7. The molecule has 0 aliphatic carbocycles. The molecule has 1 heterocycles. The van der Waals surface area contributed by atoms with Crippen LogP contribution < -0.4 is 5.32 Å². The van der Waals surface area contributed by atoms with Gasteiger partial charge in [0.25, 0.3) is 5.91 Å². The van der Waals surface area contributed by atoms with Gasteiger partial charge in [-0.25, -0.2) is 0 Å². The normalized spacial score (nSPS) is 12.2. The topological polar surface area (TPSA) is 65.2 Å². The summed E-state index contributed by atoms with van der Waals surface area (Å²) in [5.74, 6) is -0.331. The molecular formula is C15H19N3O2. The maximum Gasteiger partial charge on any atom is 0.251 e. The van der Waals surface area contributed by atoms with Gasteiger partial charge in [-0.15, -0.1) is 0 Å². The molecular weight excluding hydrogens is 254 g/mol. The first-order chi connectivity index (χ1) is 9.52. The zero-order valence-electron chi connectivity index (χ0n) is 11.9. The maximum atomic E-state index is 12.1. The lowest BCUT2D eigenvalue weighted by atomic mass is 10.1. The number of amides is 2. The first kappa shape index (κ1) is 14.1. The van der Waals surface area contributed by atoms with E-state index in [1.54, 1.807) is 24.9 Å². The fourth-order valence-corrected chi connectivity index (χ4v) is 2.02. The summed E-state index contributed by atoms with van der Waals surface area (Å²) in [5, 5.41) is 3.70. The molecule has 1 aromatic carbocycles. The lowest BCUT2D eigenvalue weighted by Crippen LogP contribution is -2.45. The third-order valence-electron chi connectivity index (χ3n) is 3.38. The molecule has 0 saturated heterocycles. The van der Waals surface area contributed by atoms with Gasteiger partial charge in [0.2, 0.25) is 5.91 Å². The minimum absolute atomic E-state index is 0.0939. The Hall–Kier alpha value is -2.30. The van der Waals surface area contributed by atoms with Crippen LogP contribution in [0.1, 0.15) is 24.2 Å². The standard InChI is InChI=1S/C15H19N3O2/c1-4-18(3)15(20)10(2)17-14(19)12-5-6-13-11(9-12)7-8-16-13/h5-10,16H,4H2,1-3H3,(H,17,19). The van der Waals surface area contributed by atoms with Crippen molar-refractivity contribution < 1.29 is 9.59 Å². The van der Waals surface area contributed by atoms with Crippen LogP contribution in [0, 0.1) is 0 Å². The number of carbonyl (C=O) groups is 2. The summed E-state index contributed by atoms with van der Waals surface area (Å²) in [5.41, 5.74) is 1.53. The number of nitrogens with zero attached hydrogens (tertiary/aromatic N) is 1. The highest BCUT2D eigenvalue weighted by Gasteiger charge is 2.19. The number of benzene rings is 1. The van der Waals surface area contributed by atoms with E-state index >= 15 is 0 Å². The molecule has 0 bridgehead atoms. The van der Waals surface area contributed by atoms with Crippen LogP contribution in [0.5, 0.6) is 0 Å². The summed E-state index contributed by atoms with van der Waals surface area (Å²) < 4.78 is 0. The Labute approximate surface area is 118 Å². The van der Waals surface area contributed by atoms with Crippen molar-refractivity contribution in [2.75, 3.05) is 13.6 Å². The molecule has 0 saturated carbocycles. The predicted molar refractivity (Wildman–Crippen MR) is 78.5 cm³/mol. The number of aromatic amines is 1. The van der Waals surface area contributed by atoms with E-state index in [0.717, 1.165) is 10.9 Å². The fourth-order valence-electron chi connectivity index (χ4n) is 2.02. The minimum Gasteiger partial charge on any atom is -0.361 e. The smallest absolute Gasteiger partial charge is 0.251 e. The van der Waals surface area contributed by atoms with E-state index in [1.165, 1.54) is 0 Å². The Kier molecular flexibility index (Phi) is 4.08. The van der Waals surface area contributed by atoms with Crippen molar-refractivity contribution >= 4 is 22.7 Å². The number of H-pyrrole nitrogens is 1. The Morgan fingerprint density at radius 2 is 2.10 bits per heavy atom. The van der Waals surface area contributed by atoms with E-state index in [1.807, 2.05) is 31.3 Å². The Morgan fingerprint density at radius 3 is 2.80 bits per heavy atom. The van der Waals surface area contributed by atoms with Crippen LogP contribution in [-0.2, 0) is 4.79 Å². The van der Waals surface area contributed by atoms with Crippen LogP contribution in [-0.4, -0.2) is 41.3 Å². The number of hydrogen-bond acceptors (Lipinski definition) is 2. The van der Waals surface area contributed by atoms with Crippen molar-refractivity contribution in [3.05, 3.63) is 36.0 Å². The van der Waals surface area contributed by atoms with Gasteiger partial charge >= 0.3 is 0 Å². The number of aromatic nitrogens is 1. The molecule has 20 heavy (non-hydrogen) atoms. The van der Waals surface area contributed by atoms with Gasteiger partial charge in [-0.1, -0.05) is 0 Å². The molecule has 106 valence electrons. The minimum atomic E-state index is -0.533. The molecule has 1 unspecified atom stereocenters. The van der Waals surface area contributed by atoms with Gasteiger partial charge in [-0.3, -0.25) is 9.59 Å². The van der Waals surface area contributed by atoms with E-state index in [4.69, 9.17) is 0 Å². The summed E-state index contributed by atoms with van der Waals surface area (Å²) in [6.45, 7) is 4.21. The molecule has 0 fully saturated rings. The molecule has 0 spiro atoms. The second kappa shape index (κ2) is 5.77. The average molecular weight is 273 g/mol. The number of nitrogens with one attached hydrogen (secondary N) is 2. The van der Waals surface area contributed by atoms with Gasteiger partial charge in [0.1, 0.15) is 6.04 Å². The highest BCUT2D eigenvalue weighted by molar-refractivity contribution is 6.00. The van der Waals surface area contributed by atoms with Crippen LogP contribution in [0.15, 0.2) is 30.5 Å². The van der Waals surface area contributed by atoms with Crippen molar-refractivity contribution in [2.45, 2.75) is 19.9 Å². The molecule has 0 aliphatic rings. The maximum absolute atomic E-state index is 12.1. The van der Waals surface area contributed by atoms with Gasteiger partial charge in [0, 0.05) is 36.3 Å². The molecule has 0 radical (unpaired) electrons.